The van der Waals surface area contributed by atoms with Gasteiger partial charge in [0.2, 0.25) is 0 Å². The first-order chi connectivity index (χ1) is 8.75. The lowest BCUT2D eigenvalue weighted by molar-refractivity contribution is 0.415. The molecule has 1 atom stereocenters. The third kappa shape index (κ3) is 4.99. The van der Waals surface area contributed by atoms with Gasteiger partial charge in [0, 0.05) is 24.5 Å². The molecule has 2 aliphatic heterocycles. The molecule has 0 radical (unpaired) electrons. The second kappa shape index (κ2) is 9.22. The monoisotopic (exact) mass is 252 g/mol. The maximum absolute atomic E-state index is 9.29. The van der Waals surface area contributed by atoms with Gasteiger partial charge in [0.15, 0.2) is 0 Å². The zero-order valence-corrected chi connectivity index (χ0v) is 11.6. The minimum atomic E-state index is -0.101. The second-order valence-corrected chi connectivity index (χ2v) is 3.18. The molecule has 2 aliphatic rings. The number of aliphatic hydroxyl groups excluding tert-OH is 2. The smallest absolute Gasteiger partial charge is 0.115 e. The molecule has 2 heterocycles. The molecule has 18 heavy (non-hydrogen) atoms. The topological polar surface area (TPSA) is 64.5 Å². The van der Waals surface area contributed by atoms with Gasteiger partial charge >= 0.3 is 0 Å². The Kier molecular flexibility index (Phi) is 8.27. The van der Waals surface area contributed by atoms with E-state index in [1.807, 2.05) is 27.7 Å². The molecule has 102 valence electrons. The zero-order valence-electron chi connectivity index (χ0n) is 11.6. The van der Waals surface area contributed by atoms with E-state index in [2.05, 4.69) is 10.6 Å². The van der Waals surface area contributed by atoms with Crippen LogP contribution >= 0.6 is 0 Å². The van der Waals surface area contributed by atoms with Crippen molar-refractivity contribution in [2.45, 2.75) is 33.7 Å². The molecular weight excluding hydrogens is 228 g/mol. The third-order valence-corrected chi connectivity index (χ3v) is 2.12. The molecule has 0 aliphatic carbocycles. The van der Waals surface area contributed by atoms with E-state index in [1.54, 1.807) is 30.5 Å². The molecule has 0 saturated carbocycles. The van der Waals surface area contributed by atoms with Crippen molar-refractivity contribution in [3.05, 3.63) is 47.7 Å². The van der Waals surface area contributed by atoms with E-state index in [-0.39, 0.29) is 17.6 Å². The van der Waals surface area contributed by atoms with Crippen LogP contribution < -0.4 is 10.6 Å². The largest absolute Gasteiger partial charge is 0.508 e. The van der Waals surface area contributed by atoms with Crippen LogP contribution in [0.5, 0.6) is 0 Å². The highest BCUT2D eigenvalue weighted by atomic mass is 16.3. The quantitative estimate of drug-likeness (QED) is 0.579. The van der Waals surface area contributed by atoms with Crippen LogP contribution in [-0.2, 0) is 0 Å². The first kappa shape index (κ1) is 16.2. The highest BCUT2D eigenvalue weighted by Gasteiger charge is 2.15. The van der Waals surface area contributed by atoms with Crippen molar-refractivity contribution in [3.8, 4) is 0 Å². The average molecular weight is 252 g/mol. The number of aliphatic hydroxyl groups is 2. The minimum absolute atomic E-state index is 0.101. The maximum Gasteiger partial charge on any atom is 0.115 e. The minimum Gasteiger partial charge on any atom is -0.508 e. The molecule has 0 aromatic rings. The fraction of sp³-hybridized carbons (Fsp3) is 0.429. The van der Waals surface area contributed by atoms with Gasteiger partial charge in [-0.05, 0) is 18.2 Å². The Morgan fingerprint density at radius 3 is 2.33 bits per heavy atom. The highest BCUT2D eigenvalue weighted by Crippen LogP contribution is 2.12. The molecule has 4 heteroatoms. The van der Waals surface area contributed by atoms with Crippen molar-refractivity contribution in [3.63, 3.8) is 0 Å². The van der Waals surface area contributed by atoms with Crippen LogP contribution in [0, 0.1) is 0 Å². The molecule has 1 unspecified atom stereocenters. The summed E-state index contributed by atoms with van der Waals surface area (Å²) < 4.78 is 0. The highest BCUT2D eigenvalue weighted by molar-refractivity contribution is 5.32. The summed E-state index contributed by atoms with van der Waals surface area (Å²) in [6, 6.07) is -0.101. The Labute approximate surface area is 109 Å². The van der Waals surface area contributed by atoms with E-state index >= 15 is 0 Å². The molecule has 0 aromatic carbocycles. The van der Waals surface area contributed by atoms with E-state index in [9.17, 15) is 10.2 Å². The average Bonchev–Trinajstić information content (AvgIpc) is 2.43. The molecule has 0 saturated heterocycles. The fourth-order valence-electron chi connectivity index (χ4n) is 1.43. The molecule has 4 N–H and O–H groups in total. The summed E-state index contributed by atoms with van der Waals surface area (Å²) in [4.78, 5) is 0. The molecular formula is C14H24N2O2. The van der Waals surface area contributed by atoms with Crippen LogP contribution in [0.25, 0.3) is 0 Å². The van der Waals surface area contributed by atoms with Crippen molar-refractivity contribution in [1.29, 1.82) is 0 Å². The van der Waals surface area contributed by atoms with Crippen molar-refractivity contribution in [2.75, 3.05) is 6.54 Å². The van der Waals surface area contributed by atoms with Crippen LogP contribution in [0.3, 0.4) is 0 Å². The lowest BCUT2D eigenvalue weighted by Gasteiger charge is -2.23. The van der Waals surface area contributed by atoms with Gasteiger partial charge in [0.1, 0.15) is 11.5 Å². The summed E-state index contributed by atoms with van der Waals surface area (Å²) in [5, 5.41) is 24.7. The molecule has 2 rings (SSSR count). The summed E-state index contributed by atoms with van der Waals surface area (Å²) >= 11 is 0. The molecule has 4 nitrogen and oxygen atoms in total. The second-order valence-electron chi connectivity index (χ2n) is 3.18. The first-order valence-electron chi connectivity index (χ1n) is 6.44. The van der Waals surface area contributed by atoms with E-state index in [4.69, 9.17) is 0 Å². The number of hydrogen-bond donors (Lipinski definition) is 4. The number of allylic oxidation sites excluding steroid dienone is 2. The van der Waals surface area contributed by atoms with Crippen molar-refractivity contribution in [1.82, 2.24) is 10.6 Å². The van der Waals surface area contributed by atoms with Gasteiger partial charge in [-0.25, -0.2) is 0 Å². The van der Waals surface area contributed by atoms with Gasteiger partial charge in [-0.15, -0.1) is 0 Å². The normalized spacial score (nSPS) is 20.4. The molecule has 0 amide bonds. The van der Waals surface area contributed by atoms with Crippen LogP contribution in [0.15, 0.2) is 47.7 Å². The SMILES string of the molecule is CC.CC.OC1=CCNC(C2C=C(O)C=CN2)=C1. The lowest BCUT2D eigenvalue weighted by Crippen LogP contribution is -2.35. The van der Waals surface area contributed by atoms with Crippen molar-refractivity contribution in [2.24, 2.45) is 0 Å². The van der Waals surface area contributed by atoms with Gasteiger partial charge in [-0.1, -0.05) is 27.7 Å². The van der Waals surface area contributed by atoms with Gasteiger partial charge in [-0.3, -0.25) is 0 Å². The summed E-state index contributed by atoms with van der Waals surface area (Å²) in [6.07, 6.45) is 8.26. The molecule has 0 aromatic heterocycles. The van der Waals surface area contributed by atoms with Crippen molar-refractivity contribution < 1.29 is 10.2 Å². The van der Waals surface area contributed by atoms with E-state index in [0.717, 1.165) is 5.70 Å². The van der Waals surface area contributed by atoms with Crippen molar-refractivity contribution >= 4 is 0 Å². The lowest BCUT2D eigenvalue weighted by atomic mass is 10.1. The first-order valence-corrected chi connectivity index (χ1v) is 6.44. The number of rotatable bonds is 1. The molecule has 0 spiro atoms. The number of dihydropyridines is 2. The number of nitrogens with one attached hydrogen (secondary N) is 2. The Hall–Kier alpha value is -1.84. The Morgan fingerprint density at radius 2 is 1.78 bits per heavy atom. The molecule has 0 fully saturated rings. The summed E-state index contributed by atoms with van der Waals surface area (Å²) in [7, 11) is 0. The number of hydrogen-bond acceptors (Lipinski definition) is 4. The van der Waals surface area contributed by atoms with Gasteiger partial charge < -0.3 is 20.8 Å². The Morgan fingerprint density at radius 1 is 1.11 bits per heavy atom. The zero-order chi connectivity index (χ0) is 14.0. The van der Waals surface area contributed by atoms with Crippen LogP contribution in [0.1, 0.15) is 27.7 Å². The van der Waals surface area contributed by atoms with Gasteiger partial charge in [0.25, 0.3) is 0 Å². The fourth-order valence-corrected chi connectivity index (χ4v) is 1.43. The van der Waals surface area contributed by atoms with Crippen LogP contribution in [-0.4, -0.2) is 22.8 Å². The van der Waals surface area contributed by atoms with E-state index in [0.29, 0.717) is 6.54 Å². The van der Waals surface area contributed by atoms with Gasteiger partial charge in [-0.2, -0.15) is 0 Å². The van der Waals surface area contributed by atoms with E-state index < -0.39 is 0 Å². The van der Waals surface area contributed by atoms with Crippen LogP contribution in [0.4, 0.5) is 0 Å². The Bertz CT molecular complexity index is 355. The third-order valence-electron chi connectivity index (χ3n) is 2.12. The summed E-state index contributed by atoms with van der Waals surface area (Å²) in [5.41, 5.74) is 0.848. The predicted octanol–water partition coefficient (Wildman–Crippen LogP) is 2.90. The van der Waals surface area contributed by atoms with Crippen LogP contribution in [0.2, 0.25) is 0 Å². The summed E-state index contributed by atoms with van der Waals surface area (Å²) in [5.74, 6) is 0.480. The molecule has 0 bridgehead atoms. The predicted molar refractivity (Wildman–Crippen MR) is 76.3 cm³/mol. The maximum atomic E-state index is 9.29. The Balaban J connectivity index is 0.000000659. The summed E-state index contributed by atoms with van der Waals surface area (Å²) in [6.45, 7) is 8.61. The van der Waals surface area contributed by atoms with Gasteiger partial charge in [0.05, 0.1) is 6.04 Å². The van der Waals surface area contributed by atoms with E-state index in [1.165, 1.54) is 0 Å². The standard InChI is InChI=1S/C10H12N2O2.2C2H6/c13-7-1-3-11-9(5-7)10-6-8(14)2-4-12-10;2*1-2/h1-3,5-6,9,11-14H,4H2;2*1-2H3.